The van der Waals surface area contributed by atoms with E-state index in [1.165, 1.54) is 6.92 Å². The Bertz CT molecular complexity index is 255. The molecule has 80 valence electrons. The summed E-state index contributed by atoms with van der Waals surface area (Å²) in [7, 11) is 0. The fourth-order valence-corrected chi connectivity index (χ4v) is 0.638. The lowest BCUT2D eigenvalue weighted by Gasteiger charge is -2.20. The van der Waals surface area contributed by atoms with Gasteiger partial charge in [-0.2, -0.15) is 5.01 Å². The topological polar surface area (TPSA) is 99.1 Å². The zero-order valence-corrected chi connectivity index (χ0v) is 8.41. The van der Waals surface area contributed by atoms with E-state index in [2.05, 4.69) is 5.29 Å². The number of carbonyl (C=O) groups is 2. The van der Waals surface area contributed by atoms with E-state index in [4.69, 9.17) is 16.7 Å². The molecule has 1 atom stereocenters. The molecule has 0 aromatic heterocycles. The summed E-state index contributed by atoms with van der Waals surface area (Å²) in [5, 5.41) is 13.3. The van der Waals surface area contributed by atoms with Crippen molar-refractivity contribution in [2.24, 2.45) is 5.29 Å². The number of rotatable bonds is 4. The van der Waals surface area contributed by atoms with Crippen molar-refractivity contribution < 1.29 is 14.7 Å². The first-order valence-electron chi connectivity index (χ1n) is 3.70. The molecule has 7 nitrogen and oxygen atoms in total. The number of nitroso groups, excluding NO2 is 1. The molecule has 0 aromatic rings. The first kappa shape index (κ1) is 12.6. The van der Waals surface area contributed by atoms with Crippen LogP contribution in [0.25, 0.3) is 0 Å². The summed E-state index contributed by atoms with van der Waals surface area (Å²) in [6.45, 7) is 2.61. The van der Waals surface area contributed by atoms with Crippen molar-refractivity contribution in [3.63, 3.8) is 0 Å². The summed E-state index contributed by atoms with van der Waals surface area (Å²) in [4.78, 5) is 29.7. The predicted molar refractivity (Wildman–Crippen MR) is 48.6 cm³/mol. The van der Waals surface area contributed by atoms with Crippen LogP contribution in [0.3, 0.4) is 0 Å². The highest BCUT2D eigenvalue weighted by Crippen LogP contribution is 2.10. The number of hydrogen-bond donors (Lipinski definition) is 2. The van der Waals surface area contributed by atoms with E-state index < -0.39 is 17.0 Å². The van der Waals surface area contributed by atoms with Crippen LogP contribution in [-0.4, -0.2) is 33.7 Å². The van der Waals surface area contributed by atoms with Gasteiger partial charge in [0.05, 0.1) is 5.29 Å². The predicted octanol–water partition coefficient (Wildman–Crippen LogP) is 0.739. The highest BCUT2D eigenvalue weighted by molar-refractivity contribution is 6.34. The second-order valence-electron chi connectivity index (χ2n) is 2.54. The van der Waals surface area contributed by atoms with Gasteiger partial charge in [-0.25, -0.2) is 9.59 Å². The van der Waals surface area contributed by atoms with E-state index in [-0.39, 0.29) is 6.54 Å². The molecule has 8 heteroatoms. The van der Waals surface area contributed by atoms with E-state index in [1.54, 1.807) is 0 Å². The lowest BCUT2D eigenvalue weighted by molar-refractivity contribution is -0.140. The van der Waals surface area contributed by atoms with Crippen molar-refractivity contribution in [1.29, 1.82) is 0 Å². The molecule has 0 aliphatic rings. The number of amides is 2. The van der Waals surface area contributed by atoms with Gasteiger partial charge >= 0.3 is 12.0 Å². The number of nitrogens with one attached hydrogen (secondary N) is 1. The SMILES string of the molecule is CCN(N=O)C(=O)N[C@](C)(Cl)C(=O)O. The zero-order valence-electron chi connectivity index (χ0n) is 7.65. The number of carboxylic acids is 1. The van der Waals surface area contributed by atoms with Gasteiger partial charge in [-0.3, -0.25) is 0 Å². The molecule has 0 spiro atoms. The third-order valence-electron chi connectivity index (χ3n) is 1.38. The standard InChI is InChI=1S/C6H10ClN3O4/c1-3-10(9-14)5(13)8-6(2,7)4(11)12/h3H2,1-2H3,(H,8,13)(H,11,12)/t6-/m0/s1. The van der Waals surface area contributed by atoms with Crippen LogP contribution >= 0.6 is 11.6 Å². The molecule has 0 saturated heterocycles. The van der Waals surface area contributed by atoms with Gasteiger partial charge in [0.15, 0.2) is 0 Å². The van der Waals surface area contributed by atoms with Gasteiger partial charge in [0.1, 0.15) is 0 Å². The fraction of sp³-hybridized carbons (Fsp3) is 0.667. The van der Waals surface area contributed by atoms with Crippen molar-refractivity contribution in [3.05, 3.63) is 4.91 Å². The molecule has 2 amide bonds. The highest BCUT2D eigenvalue weighted by Gasteiger charge is 2.33. The number of carbonyl (C=O) groups excluding carboxylic acids is 1. The summed E-state index contributed by atoms with van der Waals surface area (Å²) in [5.41, 5.74) is 0. The van der Waals surface area contributed by atoms with Crippen LogP contribution in [0.2, 0.25) is 0 Å². The van der Waals surface area contributed by atoms with Crippen LogP contribution in [0.5, 0.6) is 0 Å². The van der Waals surface area contributed by atoms with Crippen LogP contribution in [0, 0.1) is 4.91 Å². The molecule has 0 rings (SSSR count). The van der Waals surface area contributed by atoms with Crippen molar-refractivity contribution >= 4 is 23.6 Å². The third-order valence-corrected chi connectivity index (χ3v) is 1.63. The summed E-state index contributed by atoms with van der Waals surface area (Å²) in [6, 6.07) is -0.956. The molecule has 0 unspecified atom stereocenters. The Hall–Kier alpha value is -1.37. The van der Waals surface area contributed by atoms with Gasteiger partial charge in [0.25, 0.3) is 0 Å². The number of hydrogen-bond acceptors (Lipinski definition) is 4. The average molecular weight is 224 g/mol. The van der Waals surface area contributed by atoms with Crippen LogP contribution in [0.1, 0.15) is 13.8 Å². The maximum absolute atomic E-state index is 11.1. The van der Waals surface area contributed by atoms with E-state index in [9.17, 15) is 14.5 Å². The highest BCUT2D eigenvalue weighted by atomic mass is 35.5. The van der Waals surface area contributed by atoms with Gasteiger partial charge < -0.3 is 10.4 Å². The summed E-state index contributed by atoms with van der Waals surface area (Å²) in [5.74, 6) is -1.42. The largest absolute Gasteiger partial charge is 0.479 e. The zero-order chi connectivity index (χ0) is 11.4. The van der Waals surface area contributed by atoms with E-state index in [1.807, 2.05) is 5.32 Å². The Morgan fingerprint density at radius 1 is 1.64 bits per heavy atom. The molecule has 14 heavy (non-hydrogen) atoms. The first-order chi connectivity index (χ1) is 6.35. The Labute approximate surface area is 85.0 Å². The second kappa shape index (κ2) is 4.75. The maximum Gasteiger partial charge on any atom is 0.344 e. The molecule has 0 heterocycles. The van der Waals surface area contributed by atoms with Crippen LogP contribution in [-0.2, 0) is 4.79 Å². The van der Waals surface area contributed by atoms with Gasteiger partial charge in [0.2, 0.25) is 5.00 Å². The van der Waals surface area contributed by atoms with E-state index in [0.717, 1.165) is 6.92 Å². The van der Waals surface area contributed by atoms with E-state index >= 15 is 0 Å². The average Bonchev–Trinajstić information content (AvgIpc) is 2.05. The molecule has 0 fully saturated rings. The Kier molecular flexibility index (Phi) is 4.29. The summed E-state index contributed by atoms with van der Waals surface area (Å²) >= 11 is 5.42. The number of alkyl halides is 1. The molecule has 0 aliphatic heterocycles. The van der Waals surface area contributed by atoms with Crippen LogP contribution in [0.4, 0.5) is 4.79 Å². The minimum absolute atomic E-state index is 0.0297. The molecule has 2 N–H and O–H groups in total. The molecule has 0 aliphatic carbocycles. The molecule has 0 aromatic carbocycles. The minimum Gasteiger partial charge on any atom is -0.479 e. The molecule has 0 saturated carbocycles. The minimum atomic E-state index is -1.95. The van der Waals surface area contributed by atoms with Gasteiger partial charge in [-0.1, -0.05) is 11.6 Å². The fourth-order valence-electron chi connectivity index (χ4n) is 0.557. The maximum atomic E-state index is 11.1. The number of urea groups is 1. The Morgan fingerprint density at radius 2 is 2.14 bits per heavy atom. The number of aliphatic carboxylic acids is 1. The molecule has 0 radical (unpaired) electrons. The van der Waals surface area contributed by atoms with E-state index in [0.29, 0.717) is 5.01 Å². The Balaban J connectivity index is 4.45. The van der Waals surface area contributed by atoms with Gasteiger partial charge in [0, 0.05) is 6.54 Å². The second-order valence-corrected chi connectivity index (χ2v) is 3.29. The quantitative estimate of drug-likeness (QED) is 0.318. The first-order valence-corrected chi connectivity index (χ1v) is 4.08. The normalized spacial score (nSPS) is 13.9. The van der Waals surface area contributed by atoms with Crippen LogP contribution < -0.4 is 5.32 Å². The van der Waals surface area contributed by atoms with Gasteiger partial charge in [-0.05, 0) is 13.8 Å². The third kappa shape index (κ3) is 3.17. The lowest BCUT2D eigenvalue weighted by atomic mass is 10.3. The lowest BCUT2D eigenvalue weighted by Crippen LogP contribution is -2.51. The summed E-state index contributed by atoms with van der Waals surface area (Å²) < 4.78 is 0. The molecular weight excluding hydrogens is 214 g/mol. The van der Waals surface area contributed by atoms with Crippen LogP contribution in [0.15, 0.2) is 5.29 Å². The molecule has 0 bridgehead atoms. The Morgan fingerprint density at radius 3 is 2.43 bits per heavy atom. The van der Waals surface area contributed by atoms with Gasteiger partial charge in [-0.15, -0.1) is 4.91 Å². The summed E-state index contributed by atoms with van der Waals surface area (Å²) in [6.07, 6.45) is 0. The monoisotopic (exact) mass is 223 g/mol. The van der Waals surface area contributed by atoms with Crippen molar-refractivity contribution in [1.82, 2.24) is 10.3 Å². The number of carboxylic acid groups (broad SMARTS) is 1. The van der Waals surface area contributed by atoms with Crippen molar-refractivity contribution in [2.45, 2.75) is 18.8 Å². The number of nitrogens with zero attached hydrogens (tertiary/aromatic N) is 2. The number of halogens is 1. The van der Waals surface area contributed by atoms with Crippen molar-refractivity contribution in [3.8, 4) is 0 Å². The molecular formula is C6H10ClN3O4. The smallest absolute Gasteiger partial charge is 0.344 e. The van der Waals surface area contributed by atoms with Crippen molar-refractivity contribution in [2.75, 3.05) is 6.54 Å².